The molecule has 1 aliphatic heterocycles. The van der Waals surface area contributed by atoms with Crippen LogP contribution in [-0.2, 0) is 13.1 Å². The van der Waals surface area contributed by atoms with E-state index in [2.05, 4.69) is 15.6 Å². The number of hydrogen-bond donors (Lipinski definition) is 1. The fraction of sp³-hybridized carbons (Fsp3) is 0.176. The lowest BCUT2D eigenvalue weighted by Gasteiger charge is -2.08. The normalized spacial score (nSPS) is 13.1. The van der Waals surface area contributed by atoms with Gasteiger partial charge in [0, 0.05) is 18.7 Å². The summed E-state index contributed by atoms with van der Waals surface area (Å²) < 4.78 is 20.7. The van der Waals surface area contributed by atoms with Gasteiger partial charge in [0.2, 0.25) is 0 Å². The molecule has 6 heteroatoms. The fourth-order valence-electron chi connectivity index (χ4n) is 2.92. The standard InChI is InChI=1S/C17H15FN4O/c1-23-16-5-3-2-4-13(16)17-15-10-19-9-11-8-12(18)6-7-14(11)22(15)21-20-17/h2-8,19H,9-10H2,1H3. The third kappa shape index (κ3) is 2.27. The van der Waals surface area contributed by atoms with Crippen molar-refractivity contribution in [2.75, 3.05) is 7.11 Å². The topological polar surface area (TPSA) is 52.0 Å². The minimum Gasteiger partial charge on any atom is -0.496 e. The van der Waals surface area contributed by atoms with Crippen LogP contribution in [0, 0.1) is 5.82 Å². The molecule has 0 aliphatic carbocycles. The van der Waals surface area contributed by atoms with Crippen molar-refractivity contribution in [3.63, 3.8) is 0 Å². The van der Waals surface area contributed by atoms with Crippen molar-refractivity contribution in [3.05, 3.63) is 59.5 Å². The van der Waals surface area contributed by atoms with E-state index in [4.69, 9.17) is 4.74 Å². The Bertz CT molecular complexity index is 875. The molecule has 0 radical (unpaired) electrons. The van der Waals surface area contributed by atoms with Gasteiger partial charge in [-0.25, -0.2) is 9.07 Å². The molecule has 116 valence electrons. The molecule has 0 spiro atoms. The van der Waals surface area contributed by atoms with E-state index in [1.54, 1.807) is 17.9 Å². The van der Waals surface area contributed by atoms with Gasteiger partial charge in [0.25, 0.3) is 0 Å². The second-order valence-electron chi connectivity index (χ2n) is 5.37. The van der Waals surface area contributed by atoms with Crippen LogP contribution in [0.4, 0.5) is 4.39 Å². The second kappa shape index (κ2) is 5.48. The summed E-state index contributed by atoms with van der Waals surface area (Å²) in [7, 11) is 1.64. The summed E-state index contributed by atoms with van der Waals surface area (Å²) in [6, 6.07) is 12.4. The Balaban J connectivity index is 1.90. The lowest BCUT2D eigenvalue weighted by molar-refractivity contribution is 0.416. The number of benzene rings is 2. The largest absolute Gasteiger partial charge is 0.496 e. The first-order valence-corrected chi connectivity index (χ1v) is 7.35. The minimum atomic E-state index is -0.251. The molecule has 3 aromatic rings. The van der Waals surface area contributed by atoms with Crippen LogP contribution in [0.2, 0.25) is 0 Å². The number of aromatic nitrogens is 3. The van der Waals surface area contributed by atoms with Crippen LogP contribution in [0.25, 0.3) is 16.9 Å². The Labute approximate surface area is 132 Å². The number of rotatable bonds is 2. The Morgan fingerprint density at radius 1 is 1.17 bits per heavy atom. The van der Waals surface area contributed by atoms with E-state index in [-0.39, 0.29) is 5.82 Å². The van der Waals surface area contributed by atoms with Gasteiger partial charge in [-0.2, -0.15) is 0 Å². The van der Waals surface area contributed by atoms with Crippen LogP contribution in [-0.4, -0.2) is 22.1 Å². The third-order valence-corrected chi connectivity index (χ3v) is 4.00. The van der Waals surface area contributed by atoms with Crippen molar-refractivity contribution in [1.82, 2.24) is 20.3 Å². The van der Waals surface area contributed by atoms with E-state index < -0.39 is 0 Å². The summed E-state index contributed by atoms with van der Waals surface area (Å²) in [5.41, 5.74) is 4.30. The zero-order chi connectivity index (χ0) is 15.8. The molecule has 1 aliphatic rings. The first kappa shape index (κ1) is 13.9. The SMILES string of the molecule is COc1ccccc1-c1nnn2c1CNCc1cc(F)ccc1-2. The number of fused-ring (bicyclic) bond motifs is 3. The first-order valence-electron chi connectivity index (χ1n) is 7.35. The summed E-state index contributed by atoms with van der Waals surface area (Å²) >= 11 is 0. The van der Waals surface area contributed by atoms with E-state index in [1.807, 2.05) is 24.3 Å². The highest BCUT2D eigenvalue weighted by Crippen LogP contribution is 2.32. The lowest BCUT2D eigenvalue weighted by atomic mass is 10.1. The molecule has 0 saturated carbocycles. The molecular formula is C17H15FN4O. The molecule has 5 nitrogen and oxygen atoms in total. The number of ether oxygens (including phenoxy) is 1. The molecule has 1 N–H and O–H groups in total. The number of nitrogens with zero attached hydrogens (tertiary/aromatic N) is 3. The Hall–Kier alpha value is -2.73. The molecule has 0 saturated heterocycles. The lowest BCUT2D eigenvalue weighted by Crippen LogP contribution is -2.11. The Morgan fingerprint density at radius 3 is 2.91 bits per heavy atom. The van der Waals surface area contributed by atoms with E-state index in [1.165, 1.54) is 12.1 Å². The van der Waals surface area contributed by atoms with Gasteiger partial charge in [-0.05, 0) is 35.9 Å². The van der Waals surface area contributed by atoms with Crippen LogP contribution in [0.3, 0.4) is 0 Å². The molecule has 0 amide bonds. The molecule has 2 heterocycles. The Morgan fingerprint density at radius 2 is 2.04 bits per heavy atom. The van der Waals surface area contributed by atoms with Crippen molar-refractivity contribution in [3.8, 4) is 22.7 Å². The Kier molecular flexibility index (Phi) is 3.31. The molecule has 2 aromatic carbocycles. The molecule has 0 atom stereocenters. The zero-order valence-electron chi connectivity index (χ0n) is 12.6. The van der Waals surface area contributed by atoms with Gasteiger partial charge in [0.05, 0.1) is 18.5 Å². The highest BCUT2D eigenvalue weighted by atomic mass is 19.1. The molecule has 4 rings (SSSR count). The van der Waals surface area contributed by atoms with Gasteiger partial charge < -0.3 is 10.1 Å². The third-order valence-electron chi connectivity index (χ3n) is 4.00. The predicted molar refractivity (Wildman–Crippen MR) is 83.8 cm³/mol. The molecule has 23 heavy (non-hydrogen) atoms. The number of methoxy groups -OCH3 is 1. The number of hydrogen-bond acceptors (Lipinski definition) is 4. The number of nitrogens with one attached hydrogen (secondary N) is 1. The van der Waals surface area contributed by atoms with E-state index >= 15 is 0 Å². The first-order chi connectivity index (χ1) is 11.3. The second-order valence-corrected chi connectivity index (χ2v) is 5.37. The molecule has 0 bridgehead atoms. The van der Waals surface area contributed by atoms with Crippen molar-refractivity contribution >= 4 is 0 Å². The minimum absolute atomic E-state index is 0.251. The van der Waals surface area contributed by atoms with Crippen molar-refractivity contribution in [2.24, 2.45) is 0 Å². The van der Waals surface area contributed by atoms with Crippen LogP contribution >= 0.6 is 0 Å². The van der Waals surface area contributed by atoms with E-state index in [0.717, 1.165) is 34.0 Å². The summed E-state index contributed by atoms with van der Waals surface area (Å²) in [5.74, 6) is 0.499. The van der Waals surface area contributed by atoms with Crippen LogP contribution in [0.5, 0.6) is 5.75 Å². The highest BCUT2D eigenvalue weighted by molar-refractivity contribution is 5.69. The predicted octanol–water partition coefficient (Wildman–Crippen LogP) is 2.69. The van der Waals surface area contributed by atoms with Crippen LogP contribution < -0.4 is 10.1 Å². The number of para-hydroxylation sites is 1. The van der Waals surface area contributed by atoms with Crippen molar-refractivity contribution < 1.29 is 9.13 Å². The summed E-state index contributed by atoms with van der Waals surface area (Å²) in [6.45, 7) is 1.18. The maximum absolute atomic E-state index is 13.5. The average Bonchev–Trinajstić information content (AvgIpc) is 2.90. The van der Waals surface area contributed by atoms with Gasteiger partial charge in [-0.1, -0.05) is 17.3 Å². The van der Waals surface area contributed by atoms with Crippen LogP contribution in [0.1, 0.15) is 11.3 Å². The summed E-state index contributed by atoms with van der Waals surface area (Å²) in [6.07, 6.45) is 0. The van der Waals surface area contributed by atoms with E-state index in [0.29, 0.717) is 13.1 Å². The van der Waals surface area contributed by atoms with Crippen molar-refractivity contribution in [1.29, 1.82) is 0 Å². The molecule has 1 aromatic heterocycles. The van der Waals surface area contributed by atoms with Gasteiger partial charge >= 0.3 is 0 Å². The number of halogens is 1. The summed E-state index contributed by atoms with van der Waals surface area (Å²) in [4.78, 5) is 0. The smallest absolute Gasteiger partial charge is 0.128 e. The van der Waals surface area contributed by atoms with Gasteiger partial charge in [-0.3, -0.25) is 0 Å². The average molecular weight is 310 g/mol. The van der Waals surface area contributed by atoms with E-state index in [9.17, 15) is 4.39 Å². The zero-order valence-corrected chi connectivity index (χ0v) is 12.6. The maximum atomic E-state index is 13.5. The highest BCUT2D eigenvalue weighted by Gasteiger charge is 2.22. The maximum Gasteiger partial charge on any atom is 0.128 e. The van der Waals surface area contributed by atoms with Gasteiger partial charge in [0.15, 0.2) is 0 Å². The van der Waals surface area contributed by atoms with Gasteiger partial charge in [-0.15, -0.1) is 5.10 Å². The van der Waals surface area contributed by atoms with Crippen LogP contribution in [0.15, 0.2) is 42.5 Å². The van der Waals surface area contributed by atoms with Gasteiger partial charge in [0.1, 0.15) is 17.3 Å². The molecule has 0 fully saturated rings. The fourth-order valence-corrected chi connectivity index (χ4v) is 2.92. The molecule has 0 unspecified atom stereocenters. The monoisotopic (exact) mass is 310 g/mol. The quantitative estimate of drug-likeness (QED) is 0.791. The van der Waals surface area contributed by atoms with Crippen molar-refractivity contribution in [2.45, 2.75) is 13.1 Å². The molecular weight excluding hydrogens is 295 g/mol. The summed E-state index contributed by atoms with van der Waals surface area (Å²) in [5, 5.41) is 11.9.